The molecule has 3 fully saturated rings. The van der Waals surface area contributed by atoms with E-state index < -0.39 is 28.5 Å². The molecule has 4 rings (SSSR count). The minimum atomic E-state index is -4.78. The molecule has 148 valence electrons. The van der Waals surface area contributed by atoms with Gasteiger partial charge in [0, 0.05) is 12.5 Å². The number of piperidine rings is 1. The second-order valence-corrected chi connectivity index (χ2v) is 7.87. The molecule has 2 amide bonds. The molecule has 0 aromatic carbocycles. The fourth-order valence-corrected chi connectivity index (χ4v) is 4.13. The zero-order chi connectivity index (χ0) is 19.3. The van der Waals surface area contributed by atoms with Crippen molar-refractivity contribution in [2.24, 2.45) is 16.5 Å². The molecule has 1 aromatic rings. The number of nitrogens with two attached hydrogens (primary N) is 2. The number of carbonyl (C=O) groups is 1. The topological polar surface area (TPSA) is 190 Å². The molecule has 0 unspecified atom stereocenters. The Kier molecular flexibility index (Phi) is 4.20. The number of fused-ring (bicyclic) bond motifs is 2. The fourth-order valence-electron chi connectivity index (χ4n) is 3.74. The highest BCUT2D eigenvalue weighted by Gasteiger charge is 2.49. The number of urea groups is 1. The van der Waals surface area contributed by atoms with Crippen LogP contribution in [0.4, 0.5) is 4.79 Å². The predicted octanol–water partition coefficient (Wildman–Crippen LogP) is -0.735. The van der Waals surface area contributed by atoms with Crippen LogP contribution in [-0.2, 0) is 14.7 Å². The molecule has 5 N–H and O–H groups in total. The van der Waals surface area contributed by atoms with E-state index in [0.29, 0.717) is 36.6 Å². The summed E-state index contributed by atoms with van der Waals surface area (Å²) < 4.78 is 40.9. The number of nitrogens with zero attached hydrogens (tertiary/aromatic N) is 5. The maximum absolute atomic E-state index is 12.4. The standard InChI is InChI=1S/C13H19N7O6S/c14-12(15)16-7-3-6(4-7)10-17-18-11(25-10)9-2-1-8-5-19(9)13(21)20(8)26-27(22,23)24/h6-9H,1-5H2,(H4,14,15,16)(H,22,23,24)/t6?,7?,8-,9-/m0/s1. The number of amides is 2. The van der Waals surface area contributed by atoms with E-state index in [-0.39, 0.29) is 30.4 Å². The summed E-state index contributed by atoms with van der Waals surface area (Å²) in [6, 6.07) is -1.57. The molecule has 2 bridgehead atoms. The first-order chi connectivity index (χ1) is 12.7. The van der Waals surface area contributed by atoms with E-state index >= 15 is 0 Å². The minimum absolute atomic E-state index is 0.0390. The molecule has 1 saturated carbocycles. The summed E-state index contributed by atoms with van der Waals surface area (Å²) in [5.74, 6) is 0.859. The Morgan fingerprint density at radius 2 is 1.96 bits per heavy atom. The largest absolute Gasteiger partial charge is 0.423 e. The van der Waals surface area contributed by atoms with E-state index in [1.807, 2.05) is 0 Å². The van der Waals surface area contributed by atoms with E-state index in [1.54, 1.807) is 0 Å². The van der Waals surface area contributed by atoms with E-state index in [9.17, 15) is 13.2 Å². The molecule has 1 aliphatic carbocycles. The van der Waals surface area contributed by atoms with E-state index in [4.69, 9.17) is 20.4 Å². The molecule has 0 spiro atoms. The Hall–Kier alpha value is -2.45. The van der Waals surface area contributed by atoms with Gasteiger partial charge in [0.1, 0.15) is 6.04 Å². The van der Waals surface area contributed by atoms with Crippen LogP contribution in [0.15, 0.2) is 9.41 Å². The summed E-state index contributed by atoms with van der Waals surface area (Å²) in [6.45, 7) is 0.243. The molecule has 0 radical (unpaired) electrons. The van der Waals surface area contributed by atoms with Crippen molar-refractivity contribution in [2.45, 2.75) is 49.7 Å². The molecular formula is C13H19N7O6S. The molecule has 3 aliphatic rings. The Bertz CT molecular complexity index is 875. The van der Waals surface area contributed by atoms with Gasteiger partial charge < -0.3 is 20.8 Å². The average molecular weight is 401 g/mol. The molecule has 1 aromatic heterocycles. The van der Waals surface area contributed by atoms with Crippen LogP contribution < -0.4 is 11.5 Å². The summed E-state index contributed by atoms with van der Waals surface area (Å²) in [5, 5.41) is 8.80. The molecule has 14 heteroatoms. The quantitative estimate of drug-likeness (QED) is 0.322. The number of hydrogen-bond acceptors (Lipinski definition) is 8. The molecular weight excluding hydrogens is 382 g/mol. The van der Waals surface area contributed by atoms with Gasteiger partial charge in [-0.15, -0.1) is 14.5 Å². The molecule has 2 atom stereocenters. The lowest BCUT2D eigenvalue weighted by atomic mass is 9.80. The van der Waals surface area contributed by atoms with Crippen molar-refractivity contribution in [1.29, 1.82) is 0 Å². The SMILES string of the molecule is NC(N)=NC1CC(c2nnc([C@@H]3CC[C@H]4CN3C(=O)N4OS(=O)(=O)O)o2)C1. The first kappa shape index (κ1) is 17.9. The van der Waals surface area contributed by atoms with Gasteiger partial charge in [-0.1, -0.05) is 0 Å². The highest BCUT2D eigenvalue weighted by Crippen LogP contribution is 2.41. The first-order valence-electron chi connectivity index (χ1n) is 8.40. The zero-order valence-corrected chi connectivity index (χ0v) is 14.9. The van der Waals surface area contributed by atoms with Gasteiger partial charge in [-0.3, -0.25) is 9.55 Å². The summed E-state index contributed by atoms with van der Waals surface area (Å²) in [7, 11) is -4.78. The maximum Gasteiger partial charge on any atom is 0.418 e. The smallest absolute Gasteiger partial charge is 0.418 e. The van der Waals surface area contributed by atoms with Gasteiger partial charge in [-0.25, -0.2) is 4.79 Å². The Morgan fingerprint density at radius 1 is 1.26 bits per heavy atom. The number of hydrogen-bond donors (Lipinski definition) is 3. The van der Waals surface area contributed by atoms with Crippen molar-refractivity contribution < 1.29 is 26.5 Å². The van der Waals surface area contributed by atoms with Crippen LogP contribution in [0.5, 0.6) is 0 Å². The number of carbonyl (C=O) groups excluding carboxylic acids is 1. The van der Waals surface area contributed by atoms with Gasteiger partial charge >= 0.3 is 16.4 Å². The van der Waals surface area contributed by atoms with E-state index in [0.717, 1.165) is 0 Å². The van der Waals surface area contributed by atoms with E-state index in [1.165, 1.54) is 4.90 Å². The number of hydroxylamine groups is 2. The Labute approximate surface area is 154 Å². The molecule has 2 saturated heterocycles. The summed E-state index contributed by atoms with van der Waals surface area (Å²) >= 11 is 0. The molecule has 27 heavy (non-hydrogen) atoms. The minimum Gasteiger partial charge on any atom is -0.423 e. The Balaban J connectivity index is 1.44. The lowest BCUT2D eigenvalue weighted by molar-refractivity contribution is -0.0317. The second-order valence-electron chi connectivity index (χ2n) is 6.86. The van der Waals surface area contributed by atoms with Gasteiger partial charge in [0.25, 0.3) is 0 Å². The lowest BCUT2D eigenvalue weighted by Gasteiger charge is -2.30. The van der Waals surface area contributed by atoms with Gasteiger partial charge in [0.2, 0.25) is 11.8 Å². The third-order valence-electron chi connectivity index (χ3n) is 5.03. The average Bonchev–Trinajstić information content (AvgIpc) is 3.10. The third-order valence-corrected chi connectivity index (χ3v) is 5.38. The monoisotopic (exact) mass is 401 g/mol. The highest BCUT2D eigenvalue weighted by molar-refractivity contribution is 7.80. The fraction of sp³-hybridized carbons (Fsp3) is 0.692. The second kappa shape index (κ2) is 6.31. The Morgan fingerprint density at radius 3 is 2.63 bits per heavy atom. The van der Waals surface area contributed by atoms with Crippen LogP contribution in [0.1, 0.15) is 49.4 Å². The van der Waals surface area contributed by atoms with Crippen LogP contribution in [-0.4, -0.2) is 63.8 Å². The van der Waals surface area contributed by atoms with Gasteiger partial charge in [0.15, 0.2) is 5.96 Å². The summed E-state index contributed by atoms with van der Waals surface area (Å²) in [5.41, 5.74) is 10.7. The van der Waals surface area contributed by atoms with Gasteiger partial charge in [-0.05, 0) is 25.7 Å². The van der Waals surface area contributed by atoms with Crippen LogP contribution in [0, 0.1) is 0 Å². The van der Waals surface area contributed by atoms with Crippen LogP contribution in [0.25, 0.3) is 0 Å². The number of rotatable bonds is 5. The molecule has 2 aliphatic heterocycles. The van der Waals surface area contributed by atoms with Crippen molar-refractivity contribution >= 4 is 22.4 Å². The zero-order valence-electron chi connectivity index (χ0n) is 14.1. The van der Waals surface area contributed by atoms with Crippen LogP contribution in [0.3, 0.4) is 0 Å². The predicted molar refractivity (Wildman–Crippen MR) is 88.2 cm³/mol. The van der Waals surface area contributed by atoms with Crippen molar-refractivity contribution in [1.82, 2.24) is 20.2 Å². The summed E-state index contributed by atoms with van der Waals surface area (Å²) in [6.07, 6.45) is 2.37. The van der Waals surface area contributed by atoms with E-state index in [2.05, 4.69) is 19.5 Å². The van der Waals surface area contributed by atoms with Gasteiger partial charge in [0.05, 0.1) is 12.1 Å². The number of aromatic nitrogens is 2. The first-order valence-corrected chi connectivity index (χ1v) is 9.76. The summed E-state index contributed by atoms with van der Waals surface area (Å²) in [4.78, 5) is 17.9. The van der Waals surface area contributed by atoms with Crippen LogP contribution in [0.2, 0.25) is 0 Å². The van der Waals surface area contributed by atoms with Crippen molar-refractivity contribution in [2.75, 3.05) is 6.54 Å². The van der Waals surface area contributed by atoms with Crippen molar-refractivity contribution in [3.63, 3.8) is 0 Å². The number of guanidine groups is 1. The number of aliphatic imine (C=N–C) groups is 1. The normalized spacial score (nSPS) is 30.3. The van der Waals surface area contributed by atoms with Crippen LogP contribution >= 0.6 is 0 Å². The van der Waals surface area contributed by atoms with Crippen molar-refractivity contribution in [3.8, 4) is 0 Å². The van der Waals surface area contributed by atoms with Crippen molar-refractivity contribution in [3.05, 3.63) is 11.8 Å². The third kappa shape index (κ3) is 3.42. The molecule has 13 nitrogen and oxygen atoms in total. The maximum atomic E-state index is 12.4. The van der Waals surface area contributed by atoms with Gasteiger partial charge in [-0.2, -0.15) is 13.5 Å². The molecule has 3 heterocycles. The highest BCUT2D eigenvalue weighted by atomic mass is 32.3. The lowest BCUT2D eigenvalue weighted by Crippen LogP contribution is -2.35.